The van der Waals surface area contributed by atoms with E-state index in [1.54, 1.807) is 0 Å². The van der Waals surface area contributed by atoms with E-state index in [2.05, 4.69) is 10.2 Å². The Hall–Kier alpha value is -0.300. The third-order valence-corrected chi connectivity index (χ3v) is 4.92. The quantitative estimate of drug-likeness (QED) is 0.815. The molecule has 2 aliphatic rings. The standard InChI is InChI=1S/C16H22ClFN2O2.2ClH/c17-14-10-12(18)9-13(16(14)21)15(11-1-7-22-8-2-11)20-5-3-19-4-6-20;;/h9-11,15,19,21H,1-8H2;2*1H/t15-;;/m0../s1. The maximum atomic E-state index is 13.9. The fourth-order valence-electron chi connectivity index (χ4n) is 3.55. The molecular weight excluding hydrogens is 378 g/mol. The highest BCUT2D eigenvalue weighted by Crippen LogP contribution is 2.42. The SMILES string of the molecule is Cl.Cl.Oc1c(Cl)cc(F)cc1[C@H](C1CCOCC1)N1CCNCC1. The van der Waals surface area contributed by atoms with Gasteiger partial charge in [0, 0.05) is 51.0 Å². The number of hydrogen-bond donors (Lipinski definition) is 2. The van der Waals surface area contributed by atoms with Gasteiger partial charge in [-0.05, 0) is 30.9 Å². The van der Waals surface area contributed by atoms with E-state index in [1.165, 1.54) is 12.1 Å². The molecule has 0 saturated carbocycles. The van der Waals surface area contributed by atoms with Crippen molar-refractivity contribution in [2.45, 2.75) is 18.9 Å². The first-order chi connectivity index (χ1) is 10.7. The van der Waals surface area contributed by atoms with Gasteiger partial charge < -0.3 is 15.2 Å². The number of aromatic hydroxyl groups is 1. The first-order valence-corrected chi connectivity index (χ1v) is 8.25. The molecule has 0 radical (unpaired) electrons. The molecule has 0 unspecified atom stereocenters. The molecule has 4 nitrogen and oxygen atoms in total. The molecule has 0 aliphatic carbocycles. The molecule has 1 atom stereocenters. The first kappa shape index (κ1) is 21.7. The summed E-state index contributed by atoms with van der Waals surface area (Å²) in [6.07, 6.45) is 1.84. The molecule has 2 fully saturated rings. The summed E-state index contributed by atoms with van der Waals surface area (Å²) in [5, 5.41) is 13.8. The number of benzene rings is 1. The lowest BCUT2D eigenvalue weighted by atomic mass is 9.85. The molecule has 1 aromatic rings. The van der Waals surface area contributed by atoms with Gasteiger partial charge in [0.15, 0.2) is 0 Å². The van der Waals surface area contributed by atoms with Crippen LogP contribution in [0.4, 0.5) is 4.39 Å². The minimum Gasteiger partial charge on any atom is -0.506 e. The molecule has 0 aromatic heterocycles. The van der Waals surface area contributed by atoms with Crippen LogP contribution in [-0.2, 0) is 4.74 Å². The molecule has 24 heavy (non-hydrogen) atoms. The molecular formula is C16H24Cl3FN2O2. The average Bonchev–Trinajstić information content (AvgIpc) is 2.54. The maximum Gasteiger partial charge on any atom is 0.139 e. The van der Waals surface area contributed by atoms with Crippen molar-refractivity contribution in [2.75, 3.05) is 39.4 Å². The molecule has 2 N–H and O–H groups in total. The van der Waals surface area contributed by atoms with Gasteiger partial charge in [-0.2, -0.15) is 0 Å². The number of rotatable bonds is 3. The summed E-state index contributed by atoms with van der Waals surface area (Å²) in [4.78, 5) is 2.33. The summed E-state index contributed by atoms with van der Waals surface area (Å²) in [6, 6.07) is 2.59. The summed E-state index contributed by atoms with van der Waals surface area (Å²) in [6.45, 7) is 5.02. The minimum atomic E-state index is -0.398. The summed E-state index contributed by atoms with van der Waals surface area (Å²) >= 11 is 6.00. The van der Waals surface area contributed by atoms with E-state index in [9.17, 15) is 9.50 Å². The molecule has 2 aliphatic heterocycles. The van der Waals surface area contributed by atoms with Crippen LogP contribution in [-0.4, -0.2) is 49.4 Å². The van der Waals surface area contributed by atoms with E-state index in [4.69, 9.17) is 16.3 Å². The zero-order valence-electron chi connectivity index (χ0n) is 13.3. The van der Waals surface area contributed by atoms with Crippen molar-refractivity contribution in [1.82, 2.24) is 10.2 Å². The monoisotopic (exact) mass is 400 g/mol. The zero-order valence-corrected chi connectivity index (χ0v) is 15.7. The second-order valence-corrected chi connectivity index (χ2v) is 6.41. The van der Waals surface area contributed by atoms with Crippen molar-refractivity contribution in [1.29, 1.82) is 0 Å². The van der Waals surface area contributed by atoms with Crippen molar-refractivity contribution in [3.8, 4) is 5.75 Å². The molecule has 2 heterocycles. The van der Waals surface area contributed by atoms with E-state index in [1.807, 2.05) is 0 Å². The number of phenols is 1. The molecule has 138 valence electrons. The molecule has 2 saturated heterocycles. The van der Waals surface area contributed by atoms with Gasteiger partial charge in [0.1, 0.15) is 11.6 Å². The molecule has 1 aromatic carbocycles. The highest BCUT2D eigenvalue weighted by atomic mass is 35.5. The van der Waals surface area contributed by atoms with Crippen molar-refractivity contribution < 1.29 is 14.2 Å². The van der Waals surface area contributed by atoms with Gasteiger partial charge in [-0.25, -0.2) is 4.39 Å². The van der Waals surface area contributed by atoms with Gasteiger partial charge in [-0.1, -0.05) is 11.6 Å². The summed E-state index contributed by atoms with van der Waals surface area (Å²) in [5.74, 6) is -0.0429. The predicted molar refractivity (Wildman–Crippen MR) is 98.3 cm³/mol. The molecule has 0 bridgehead atoms. The average molecular weight is 402 g/mol. The van der Waals surface area contributed by atoms with E-state index >= 15 is 0 Å². The van der Waals surface area contributed by atoms with Crippen molar-refractivity contribution >= 4 is 36.4 Å². The van der Waals surface area contributed by atoms with Crippen molar-refractivity contribution in [3.63, 3.8) is 0 Å². The van der Waals surface area contributed by atoms with E-state index < -0.39 is 5.82 Å². The minimum absolute atomic E-state index is 0. The van der Waals surface area contributed by atoms with Crippen LogP contribution in [0, 0.1) is 11.7 Å². The summed E-state index contributed by atoms with van der Waals surface area (Å²) in [5.41, 5.74) is 0.610. The molecule has 0 amide bonds. The number of ether oxygens (including phenoxy) is 1. The van der Waals surface area contributed by atoms with Crippen molar-refractivity contribution in [2.24, 2.45) is 5.92 Å². The number of nitrogens with one attached hydrogen (secondary N) is 1. The largest absolute Gasteiger partial charge is 0.506 e. The molecule has 8 heteroatoms. The van der Waals surface area contributed by atoms with Crippen molar-refractivity contribution in [3.05, 3.63) is 28.5 Å². The van der Waals surface area contributed by atoms with E-state index in [0.717, 1.165) is 52.2 Å². The smallest absolute Gasteiger partial charge is 0.139 e. The van der Waals surface area contributed by atoms with E-state index in [-0.39, 0.29) is 41.6 Å². The van der Waals surface area contributed by atoms with Gasteiger partial charge in [0.25, 0.3) is 0 Å². The van der Waals surface area contributed by atoms with Crippen LogP contribution in [0.1, 0.15) is 24.4 Å². The fraction of sp³-hybridized carbons (Fsp3) is 0.625. The van der Waals surface area contributed by atoms with Gasteiger partial charge in [0.2, 0.25) is 0 Å². The Bertz CT molecular complexity index is 506. The maximum absolute atomic E-state index is 13.9. The Morgan fingerprint density at radius 3 is 2.46 bits per heavy atom. The van der Waals surface area contributed by atoms with E-state index in [0.29, 0.717) is 11.5 Å². The van der Waals surface area contributed by atoms with Gasteiger partial charge in [-0.3, -0.25) is 4.90 Å². The third-order valence-electron chi connectivity index (χ3n) is 4.63. The number of hydrogen-bond acceptors (Lipinski definition) is 4. The Morgan fingerprint density at radius 1 is 1.21 bits per heavy atom. The van der Waals surface area contributed by atoms with Gasteiger partial charge in [0.05, 0.1) is 5.02 Å². The highest BCUT2D eigenvalue weighted by molar-refractivity contribution is 6.32. The predicted octanol–water partition coefficient (Wildman–Crippen LogP) is 3.40. The van der Waals surface area contributed by atoms with Gasteiger partial charge in [-0.15, -0.1) is 24.8 Å². The summed E-state index contributed by atoms with van der Waals surface area (Å²) in [7, 11) is 0. The van der Waals surface area contributed by atoms with Gasteiger partial charge >= 0.3 is 0 Å². The number of piperazine rings is 1. The third kappa shape index (κ3) is 4.87. The normalized spacial score (nSPS) is 20.8. The van der Waals surface area contributed by atoms with Crippen LogP contribution in [0.3, 0.4) is 0 Å². The Balaban J connectivity index is 0.00000144. The number of halogens is 4. The Labute approximate surface area is 159 Å². The van der Waals surface area contributed by atoms with Crippen LogP contribution in [0.25, 0.3) is 0 Å². The van der Waals surface area contributed by atoms with Crippen LogP contribution in [0.2, 0.25) is 5.02 Å². The number of phenolic OH excluding ortho intramolecular Hbond substituents is 1. The lowest BCUT2D eigenvalue weighted by Gasteiger charge is -2.41. The second kappa shape index (κ2) is 10.00. The number of nitrogens with zero attached hydrogens (tertiary/aromatic N) is 1. The molecule has 0 spiro atoms. The zero-order chi connectivity index (χ0) is 15.5. The first-order valence-electron chi connectivity index (χ1n) is 7.87. The summed E-state index contributed by atoms with van der Waals surface area (Å²) < 4.78 is 19.3. The Morgan fingerprint density at radius 2 is 1.83 bits per heavy atom. The highest BCUT2D eigenvalue weighted by Gasteiger charge is 2.33. The van der Waals surface area contributed by atoms with Crippen LogP contribution >= 0.6 is 36.4 Å². The lowest BCUT2D eigenvalue weighted by molar-refractivity contribution is 0.0206. The molecule has 3 rings (SSSR count). The Kier molecular flexibility index (Phi) is 9.06. The van der Waals surface area contributed by atoms with Crippen LogP contribution in [0.5, 0.6) is 5.75 Å². The van der Waals surface area contributed by atoms with Crippen LogP contribution in [0.15, 0.2) is 12.1 Å². The lowest BCUT2D eigenvalue weighted by Crippen LogP contribution is -2.47. The topological polar surface area (TPSA) is 44.7 Å². The second-order valence-electron chi connectivity index (χ2n) is 6.01. The fourth-order valence-corrected chi connectivity index (χ4v) is 3.77. The van der Waals surface area contributed by atoms with Crippen LogP contribution < -0.4 is 5.32 Å².